The maximum Gasteiger partial charge on any atom is 0.251 e. The van der Waals surface area contributed by atoms with E-state index in [1.165, 1.54) is 0 Å². The molecule has 0 saturated carbocycles. The van der Waals surface area contributed by atoms with Gasteiger partial charge in [-0.25, -0.2) is 0 Å². The molecule has 1 aromatic carbocycles. The number of nitrogen functional groups attached to an aromatic ring is 1. The molecule has 0 spiro atoms. The molecule has 0 fully saturated rings. The van der Waals surface area contributed by atoms with Gasteiger partial charge >= 0.3 is 0 Å². The van der Waals surface area contributed by atoms with Crippen molar-refractivity contribution in [1.29, 1.82) is 0 Å². The lowest BCUT2D eigenvalue weighted by molar-refractivity contribution is 0.0950. The number of nitrogens with two attached hydrogens (primary N) is 1. The number of halogens is 1. The van der Waals surface area contributed by atoms with E-state index >= 15 is 0 Å². The number of benzene rings is 1. The fraction of sp³-hybridized carbons (Fsp3) is 0.154. The first-order valence-electron chi connectivity index (χ1n) is 5.44. The average molecular weight is 325 g/mol. The van der Waals surface area contributed by atoms with Crippen molar-refractivity contribution in [2.75, 3.05) is 5.73 Å². The predicted octanol–water partition coefficient (Wildman–Crippen LogP) is 3.33. The molecule has 0 saturated heterocycles. The Labute approximate surface area is 118 Å². The van der Waals surface area contributed by atoms with Crippen LogP contribution in [0.1, 0.15) is 20.8 Å². The summed E-state index contributed by atoms with van der Waals surface area (Å²) in [5.74, 6) is -0.103. The van der Waals surface area contributed by atoms with Crippen molar-refractivity contribution >= 4 is 38.9 Å². The lowest BCUT2D eigenvalue weighted by Crippen LogP contribution is -2.23. The van der Waals surface area contributed by atoms with Crippen LogP contribution in [0.3, 0.4) is 0 Å². The molecule has 94 valence electrons. The summed E-state index contributed by atoms with van der Waals surface area (Å²) in [7, 11) is 0. The number of carbonyl (C=O) groups is 1. The van der Waals surface area contributed by atoms with Crippen molar-refractivity contribution in [3.05, 3.63) is 50.1 Å². The van der Waals surface area contributed by atoms with Gasteiger partial charge in [-0.15, -0.1) is 11.3 Å². The highest BCUT2D eigenvalue weighted by Gasteiger charge is 2.12. The van der Waals surface area contributed by atoms with Gasteiger partial charge in [0.05, 0.1) is 6.54 Å². The fourth-order valence-electron chi connectivity index (χ4n) is 1.61. The first-order valence-corrected chi connectivity index (χ1v) is 7.11. The minimum absolute atomic E-state index is 0.103. The minimum Gasteiger partial charge on any atom is -0.398 e. The second-order valence-electron chi connectivity index (χ2n) is 3.93. The van der Waals surface area contributed by atoms with Crippen LogP contribution in [0, 0.1) is 6.92 Å². The molecule has 2 rings (SSSR count). The number of nitrogens with one attached hydrogen (secondary N) is 1. The number of carbonyl (C=O) groups excluding carboxylic acids is 1. The number of thiophene rings is 1. The Balaban J connectivity index is 2.14. The van der Waals surface area contributed by atoms with Crippen LogP contribution in [0.15, 0.2) is 34.1 Å². The molecule has 0 radical (unpaired) electrons. The van der Waals surface area contributed by atoms with E-state index in [1.807, 2.05) is 24.4 Å². The Kier molecular flexibility index (Phi) is 4.04. The van der Waals surface area contributed by atoms with Gasteiger partial charge in [-0.1, -0.05) is 22.0 Å². The summed E-state index contributed by atoms with van der Waals surface area (Å²) in [4.78, 5) is 13.2. The number of rotatable bonds is 3. The first-order chi connectivity index (χ1) is 8.58. The molecule has 0 bridgehead atoms. The maximum absolute atomic E-state index is 12.1. The van der Waals surface area contributed by atoms with E-state index in [0.717, 1.165) is 14.9 Å². The van der Waals surface area contributed by atoms with E-state index in [-0.39, 0.29) is 5.91 Å². The normalized spacial score (nSPS) is 10.3. The molecule has 1 aromatic heterocycles. The zero-order valence-corrected chi connectivity index (χ0v) is 12.3. The smallest absolute Gasteiger partial charge is 0.251 e. The monoisotopic (exact) mass is 324 g/mol. The largest absolute Gasteiger partial charge is 0.398 e. The third-order valence-corrected chi connectivity index (χ3v) is 3.99. The second-order valence-corrected chi connectivity index (χ2v) is 5.88. The summed E-state index contributed by atoms with van der Waals surface area (Å²) < 4.78 is 0.812. The van der Waals surface area contributed by atoms with Crippen molar-refractivity contribution in [3.63, 3.8) is 0 Å². The van der Waals surface area contributed by atoms with E-state index in [2.05, 4.69) is 21.2 Å². The molecule has 5 heteroatoms. The average Bonchev–Trinajstić information content (AvgIpc) is 2.83. The van der Waals surface area contributed by atoms with Gasteiger partial charge in [-0.3, -0.25) is 4.79 Å². The van der Waals surface area contributed by atoms with E-state index in [4.69, 9.17) is 5.73 Å². The molecule has 0 aliphatic heterocycles. The van der Waals surface area contributed by atoms with Crippen molar-refractivity contribution in [1.82, 2.24) is 5.32 Å². The van der Waals surface area contributed by atoms with Crippen LogP contribution in [-0.2, 0) is 6.54 Å². The second kappa shape index (κ2) is 5.54. The fourth-order valence-corrected chi connectivity index (χ4v) is 2.73. The van der Waals surface area contributed by atoms with E-state index in [1.54, 1.807) is 23.5 Å². The van der Waals surface area contributed by atoms with Gasteiger partial charge in [0.2, 0.25) is 0 Å². The third-order valence-electron chi connectivity index (χ3n) is 2.66. The van der Waals surface area contributed by atoms with Crippen LogP contribution in [0.25, 0.3) is 0 Å². The molecule has 0 aliphatic rings. The Morgan fingerprint density at radius 3 is 2.94 bits per heavy atom. The van der Waals surface area contributed by atoms with Gasteiger partial charge < -0.3 is 11.1 Å². The molecular formula is C13H13BrN2OS. The van der Waals surface area contributed by atoms with Crippen LogP contribution in [0.5, 0.6) is 0 Å². The first kappa shape index (κ1) is 13.1. The molecule has 0 unspecified atom stereocenters. The van der Waals surface area contributed by atoms with Crippen LogP contribution >= 0.6 is 27.3 Å². The lowest BCUT2D eigenvalue weighted by Gasteiger charge is -2.09. The van der Waals surface area contributed by atoms with Gasteiger partial charge in [0.25, 0.3) is 5.91 Å². The van der Waals surface area contributed by atoms with Crippen molar-refractivity contribution in [2.45, 2.75) is 13.5 Å². The molecule has 3 nitrogen and oxygen atoms in total. The molecule has 3 N–H and O–H groups in total. The van der Waals surface area contributed by atoms with Gasteiger partial charge in [0, 0.05) is 20.6 Å². The van der Waals surface area contributed by atoms with Gasteiger partial charge in [-0.2, -0.15) is 0 Å². The predicted molar refractivity (Wildman–Crippen MR) is 78.8 cm³/mol. The lowest BCUT2D eigenvalue weighted by atomic mass is 10.1. The summed E-state index contributed by atoms with van der Waals surface area (Å²) in [5, 5.41) is 4.88. The van der Waals surface area contributed by atoms with Gasteiger partial charge in [-0.05, 0) is 36.1 Å². The summed E-state index contributed by atoms with van der Waals surface area (Å²) in [5.41, 5.74) is 7.88. The number of amides is 1. The van der Waals surface area contributed by atoms with E-state index < -0.39 is 0 Å². The number of hydrogen-bond donors (Lipinski definition) is 2. The quantitative estimate of drug-likeness (QED) is 0.851. The third kappa shape index (κ3) is 2.91. The molecule has 2 aromatic rings. The maximum atomic E-state index is 12.1. The Hall–Kier alpha value is -1.33. The minimum atomic E-state index is -0.103. The summed E-state index contributed by atoms with van der Waals surface area (Å²) >= 11 is 4.97. The molecule has 1 amide bonds. The topological polar surface area (TPSA) is 55.1 Å². The summed E-state index contributed by atoms with van der Waals surface area (Å²) in [6, 6.07) is 7.54. The van der Waals surface area contributed by atoms with Crippen LogP contribution in [0.2, 0.25) is 0 Å². The van der Waals surface area contributed by atoms with Crippen LogP contribution < -0.4 is 11.1 Å². The molecule has 0 aliphatic carbocycles. The van der Waals surface area contributed by atoms with E-state index in [9.17, 15) is 4.79 Å². The Bertz CT molecular complexity index is 567. The molecular weight excluding hydrogens is 312 g/mol. The van der Waals surface area contributed by atoms with E-state index in [0.29, 0.717) is 17.8 Å². The Morgan fingerprint density at radius 2 is 2.28 bits per heavy atom. The van der Waals surface area contributed by atoms with Crippen molar-refractivity contribution in [3.8, 4) is 0 Å². The van der Waals surface area contributed by atoms with Crippen LogP contribution in [0.4, 0.5) is 5.69 Å². The summed E-state index contributed by atoms with van der Waals surface area (Å²) in [6.45, 7) is 2.39. The number of hydrogen-bond acceptors (Lipinski definition) is 3. The number of anilines is 1. The highest BCUT2D eigenvalue weighted by Crippen LogP contribution is 2.22. The highest BCUT2D eigenvalue weighted by atomic mass is 79.9. The molecule has 1 heterocycles. The van der Waals surface area contributed by atoms with Gasteiger partial charge in [0.1, 0.15) is 0 Å². The SMILES string of the molecule is Cc1c(N)cc(Br)cc1C(=O)NCc1cccs1. The van der Waals surface area contributed by atoms with Crippen LogP contribution in [-0.4, -0.2) is 5.91 Å². The summed E-state index contributed by atoms with van der Waals surface area (Å²) in [6.07, 6.45) is 0. The van der Waals surface area contributed by atoms with Gasteiger partial charge in [0.15, 0.2) is 0 Å². The Morgan fingerprint density at radius 1 is 1.50 bits per heavy atom. The zero-order chi connectivity index (χ0) is 13.1. The van der Waals surface area contributed by atoms with Crippen molar-refractivity contribution < 1.29 is 4.79 Å². The molecule has 18 heavy (non-hydrogen) atoms. The zero-order valence-electron chi connectivity index (χ0n) is 9.87. The molecule has 0 atom stereocenters. The standard InChI is InChI=1S/C13H13BrN2OS/c1-8-11(5-9(14)6-12(8)15)13(17)16-7-10-3-2-4-18-10/h2-6H,7,15H2,1H3,(H,16,17). The highest BCUT2D eigenvalue weighted by molar-refractivity contribution is 9.10. The van der Waals surface area contributed by atoms with Crippen molar-refractivity contribution in [2.24, 2.45) is 0 Å².